The number of aromatic nitrogens is 2. The second-order valence-electron chi connectivity index (χ2n) is 3.97. The Morgan fingerprint density at radius 1 is 1.53 bits per heavy atom. The van der Waals surface area contributed by atoms with Crippen molar-refractivity contribution in [3.05, 3.63) is 11.7 Å². The van der Waals surface area contributed by atoms with Gasteiger partial charge in [-0.3, -0.25) is 0 Å². The first-order chi connectivity index (χ1) is 7.10. The molecule has 1 heterocycles. The maximum atomic E-state index is 5.98. The summed E-state index contributed by atoms with van der Waals surface area (Å²) in [4.78, 5) is 4.26. The lowest BCUT2D eigenvalue weighted by Crippen LogP contribution is -2.39. The van der Waals surface area contributed by atoms with Gasteiger partial charge in [-0.1, -0.05) is 18.5 Å². The van der Waals surface area contributed by atoms with Crippen LogP contribution >= 0.6 is 0 Å². The van der Waals surface area contributed by atoms with E-state index in [1.54, 1.807) is 7.11 Å². The first kappa shape index (κ1) is 12.1. The molecule has 2 N–H and O–H groups in total. The number of hydrogen-bond acceptors (Lipinski definition) is 5. The Morgan fingerprint density at radius 2 is 2.27 bits per heavy atom. The van der Waals surface area contributed by atoms with Crippen molar-refractivity contribution < 1.29 is 9.26 Å². The number of methoxy groups -OCH3 is 1. The molecule has 1 aromatic heterocycles. The third-order valence-corrected chi connectivity index (χ3v) is 2.17. The highest BCUT2D eigenvalue weighted by atomic mass is 16.5. The summed E-state index contributed by atoms with van der Waals surface area (Å²) >= 11 is 0. The van der Waals surface area contributed by atoms with E-state index >= 15 is 0 Å². The zero-order chi connectivity index (χ0) is 11.3. The molecule has 0 saturated heterocycles. The zero-order valence-electron chi connectivity index (χ0n) is 9.62. The summed E-state index contributed by atoms with van der Waals surface area (Å²) in [7, 11) is 1.60. The van der Waals surface area contributed by atoms with Gasteiger partial charge in [-0.25, -0.2) is 0 Å². The molecule has 0 aliphatic rings. The van der Waals surface area contributed by atoms with Crippen LogP contribution in [0, 0.1) is 0 Å². The Labute approximate surface area is 90.0 Å². The van der Waals surface area contributed by atoms with Gasteiger partial charge in [-0.15, -0.1) is 0 Å². The first-order valence-electron chi connectivity index (χ1n) is 5.21. The minimum Gasteiger partial charge on any atom is -0.382 e. The average Bonchev–Trinajstić information content (AvgIpc) is 2.63. The third kappa shape index (κ3) is 3.28. The zero-order valence-corrected chi connectivity index (χ0v) is 9.62. The highest BCUT2D eigenvalue weighted by molar-refractivity contribution is 5.01. The van der Waals surface area contributed by atoms with Crippen molar-refractivity contribution in [3.63, 3.8) is 0 Å². The predicted octanol–water partition coefficient (Wildman–Crippen LogP) is 1.23. The number of ether oxygens (including phenoxy) is 1. The van der Waals surface area contributed by atoms with E-state index in [0.717, 1.165) is 19.3 Å². The second kappa shape index (κ2) is 5.23. The molecule has 0 spiro atoms. The Hall–Kier alpha value is -0.940. The quantitative estimate of drug-likeness (QED) is 0.769. The lowest BCUT2D eigenvalue weighted by Gasteiger charge is -2.18. The minimum absolute atomic E-state index is 0.375. The lowest BCUT2D eigenvalue weighted by atomic mass is 10.1. The normalized spacial score (nSPS) is 15.2. The van der Waals surface area contributed by atoms with Gasteiger partial charge in [-0.05, 0) is 13.3 Å². The topological polar surface area (TPSA) is 74.2 Å². The van der Waals surface area contributed by atoms with Crippen LogP contribution in [0.2, 0.25) is 0 Å². The van der Waals surface area contributed by atoms with Gasteiger partial charge in [0.15, 0.2) is 5.82 Å². The number of unbranched alkanes of at least 4 members (excludes halogenated alkanes) is 1. The van der Waals surface area contributed by atoms with E-state index in [2.05, 4.69) is 17.1 Å². The molecule has 5 nitrogen and oxygen atoms in total. The lowest BCUT2D eigenvalue weighted by molar-refractivity contribution is 0.135. The summed E-state index contributed by atoms with van der Waals surface area (Å²) in [5, 5.41) is 3.87. The molecule has 86 valence electrons. The highest BCUT2D eigenvalue weighted by Gasteiger charge is 2.27. The predicted molar refractivity (Wildman–Crippen MR) is 56.3 cm³/mol. The maximum Gasteiger partial charge on any atom is 0.226 e. The van der Waals surface area contributed by atoms with Crippen LogP contribution in [-0.2, 0) is 16.7 Å². The highest BCUT2D eigenvalue weighted by Crippen LogP contribution is 2.15. The fourth-order valence-electron chi connectivity index (χ4n) is 1.28. The molecule has 0 aliphatic carbocycles. The van der Waals surface area contributed by atoms with E-state index in [1.807, 2.05) is 6.92 Å². The standard InChI is InChI=1S/C10H19N3O2/c1-4-5-6-8-12-9(13-15-8)10(2,11)7-14-3/h4-7,11H2,1-3H3. The van der Waals surface area contributed by atoms with Crippen molar-refractivity contribution in [1.82, 2.24) is 10.1 Å². The van der Waals surface area contributed by atoms with Gasteiger partial charge >= 0.3 is 0 Å². The number of aryl methyl sites for hydroxylation is 1. The monoisotopic (exact) mass is 213 g/mol. The van der Waals surface area contributed by atoms with Gasteiger partial charge in [0.2, 0.25) is 5.89 Å². The van der Waals surface area contributed by atoms with Crippen molar-refractivity contribution in [2.24, 2.45) is 5.73 Å². The first-order valence-corrected chi connectivity index (χ1v) is 5.21. The van der Waals surface area contributed by atoms with Crippen LogP contribution in [0.25, 0.3) is 0 Å². The molecule has 1 atom stereocenters. The summed E-state index contributed by atoms with van der Waals surface area (Å²) in [6.07, 6.45) is 2.97. The van der Waals surface area contributed by atoms with E-state index in [4.69, 9.17) is 15.0 Å². The van der Waals surface area contributed by atoms with E-state index in [0.29, 0.717) is 18.3 Å². The summed E-state index contributed by atoms with van der Waals surface area (Å²) in [5.41, 5.74) is 5.30. The van der Waals surface area contributed by atoms with Crippen molar-refractivity contribution in [3.8, 4) is 0 Å². The van der Waals surface area contributed by atoms with Gasteiger partial charge in [0, 0.05) is 13.5 Å². The van der Waals surface area contributed by atoms with E-state index in [9.17, 15) is 0 Å². The summed E-state index contributed by atoms with van der Waals surface area (Å²) in [6, 6.07) is 0. The SMILES string of the molecule is CCCCc1nc(C(C)(N)COC)no1. The van der Waals surface area contributed by atoms with Crippen molar-refractivity contribution in [2.75, 3.05) is 13.7 Å². The molecule has 0 aromatic carbocycles. The fourth-order valence-corrected chi connectivity index (χ4v) is 1.28. The van der Waals surface area contributed by atoms with Crippen LogP contribution in [0.1, 0.15) is 38.4 Å². The molecule has 15 heavy (non-hydrogen) atoms. The molecule has 0 aliphatic heterocycles. The smallest absolute Gasteiger partial charge is 0.226 e. The molecule has 0 radical (unpaired) electrons. The van der Waals surface area contributed by atoms with Gasteiger partial charge < -0.3 is 15.0 Å². The Bertz CT molecular complexity index is 297. The summed E-state index contributed by atoms with van der Waals surface area (Å²) in [6.45, 7) is 4.32. The molecule has 5 heteroatoms. The molecule has 1 unspecified atom stereocenters. The van der Waals surface area contributed by atoms with Gasteiger partial charge in [0.05, 0.1) is 6.61 Å². The Morgan fingerprint density at radius 3 is 2.87 bits per heavy atom. The van der Waals surface area contributed by atoms with Gasteiger partial charge in [0.25, 0.3) is 0 Å². The molecule has 1 rings (SSSR count). The Balaban J connectivity index is 2.66. The van der Waals surface area contributed by atoms with E-state index in [1.165, 1.54) is 0 Å². The number of hydrogen-bond donors (Lipinski definition) is 1. The van der Waals surface area contributed by atoms with Crippen LogP contribution in [0.15, 0.2) is 4.52 Å². The minimum atomic E-state index is -0.678. The molecular formula is C10H19N3O2. The van der Waals surface area contributed by atoms with E-state index < -0.39 is 5.54 Å². The molecule has 0 saturated carbocycles. The third-order valence-electron chi connectivity index (χ3n) is 2.17. The maximum absolute atomic E-state index is 5.98. The van der Waals surface area contributed by atoms with Gasteiger partial charge in [0.1, 0.15) is 5.54 Å². The van der Waals surface area contributed by atoms with Crippen LogP contribution in [0.3, 0.4) is 0 Å². The van der Waals surface area contributed by atoms with Crippen molar-refractivity contribution >= 4 is 0 Å². The number of nitrogens with zero attached hydrogens (tertiary/aromatic N) is 2. The molecule has 0 bridgehead atoms. The molecule has 0 fully saturated rings. The summed E-state index contributed by atoms with van der Waals surface area (Å²) in [5.74, 6) is 1.16. The van der Waals surface area contributed by atoms with Crippen LogP contribution in [0.4, 0.5) is 0 Å². The number of nitrogens with two attached hydrogens (primary N) is 1. The molecule has 1 aromatic rings. The van der Waals surface area contributed by atoms with Crippen molar-refractivity contribution in [1.29, 1.82) is 0 Å². The van der Waals surface area contributed by atoms with Crippen LogP contribution in [-0.4, -0.2) is 23.9 Å². The largest absolute Gasteiger partial charge is 0.382 e. The van der Waals surface area contributed by atoms with Crippen LogP contribution < -0.4 is 5.73 Å². The Kier molecular flexibility index (Phi) is 4.23. The number of rotatable bonds is 6. The fraction of sp³-hybridized carbons (Fsp3) is 0.800. The van der Waals surface area contributed by atoms with Gasteiger partial charge in [-0.2, -0.15) is 4.98 Å². The molecule has 0 amide bonds. The molecular weight excluding hydrogens is 194 g/mol. The summed E-state index contributed by atoms with van der Waals surface area (Å²) < 4.78 is 10.1. The second-order valence-corrected chi connectivity index (χ2v) is 3.97. The van der Waals surface area contributed by atoms with Crippen molar-refractivity contribution in [2.45, 2.75) is 38.6 Å². The average molecular weight is 213 g/mol. The van der Waals surface area contributed by atoms with E-state index in [-0.39, 0.29) is 0 Å². The van der Waals surface area contributed by atoms with Crippen LogP contribution in [0.5, 0.6) is 0 Å².